The topological polar surface area (TPSA) is 327 Å². The number of nitrogens with zero attached hydrogens (tertiary/aromatic N) is 18. The second-order valence-electron chi connectivity index (χ2n) is 28.7. The lowest BCUT2D eigenvalue weighted by Crippen LogP contribution is -2.41. The molecule has 6 aromatic carbocycles. The number of rotatable bonds is 9. The molecule has 4 amide bonds. The lowest BCUT2D eigenvalue weighted by molar-refractivity contribution is -0.132. The summed E-state index contributed by atoms with van der Waals surface area (Å²) in [5.74, 6) is -3.69. The van der Waals surface area contributed by atoms with Crippen LogP contribution in [0.4, 0.5) is 27.6 Å². The number of aryl methyl sites for hydroxylation is 6. The zero-order valence-electron chi connectivity index (χ0n) is 62.3. The molecule has 4 aliphatic heterocycles. The van der Waals surface area contributed by atoms with E-state index >= 15 is 0 Å². The van der Waals surface area contributed by atoms with Gasteiger partial charge in [-0.05, 0) is 119 Å². The van der Waals surface area contributed by atoms with Crippen LogP contribution in [0.15, 0.2) is 120 Å². The van der Waals surface area contributed by atoms with Crippen molar-refractivity contribution in [3.8, 4) is 33.8 Å². The minimum Gasteiger partial charge on any atom is -0.399 e. The third-order valence-electron chi connectivity index (χ3n) is 20.2. The van der Waals surface area contributed by atoms with E-state index in [4.69, 9.17) is 33.1 Å². The van der Waals surface area contributed by atoms with Crippen LogP contribution in [0.1, 0.15) is 94.3 Å². The van der Waals surface area contributed by atoms with Crippen molar-refractivity contribution >= 4 is 112 Å². The maximum Gasteiger partial charge on any atom is 0.495 e. The summed E-state index contributed by atoms with van der Waals surface area (Å²) in [6.45, 7) is 18.6. The third kappa shape index (κ3) is 15.1. The summed E-state index contributed by atoms with van der Waals surface area (Å²) in [4.78, 5) is 54.2. The maximum atomic E-state index is 14.7. The zero-order chi connectivity index (χ0) is 79.7. The van der Waals surface area contributed by atoms with Gasteiger partial charge in [-0.2, -0.15) is 40.8 Å². The van der Waals surface area contributed by atoms with Crippen LogP contribution in [0.2, 0.25) is 0 Å². The lowest BCUT2D eigenvalue weighted by atomic mass is 9.78. The first-order chi connectivity index (χ1) is 53.3. The number of benzene rings is 6. The Bertz CT molecular complexity index is 5990. The van der Waals surface area contributed by atoms with Gasteiger partial charge in [0.2, 0.25) is 5.91 Å². The number of carbonyl (C=O) groups is 4. The highest BCUT2D eigenvalue weighted by molar-refractivity contribution is 9.10. The van der Waals surface area contributed by atoms with Gasteiger partial charge < -0.3 is 36.7 Å². The predicted molar refractivity (Wildman–Crippen MR) is 412 cm³/mol. The molecule has 8 aromatic heterocycles. The Morgan fingerprint density at radius 1 is 0.509 bits per heavy atom. The fourth-order valence-electron chi connectivity index (χ4n) is 14.1. The summed E-state index contributed by atoms with van der Waals surface area (Å²) >= 11 is 3.20. The van der Waals surface area contributed by atoms with Gasteiger partial charge in [-0.25, -0.2) is 26.8 Å². The van der Waals surface area contributed by atoms with Crippen LogP contribution < -0.4 is 28.0 Å². The van der Waals surface area contributed by atoms with E-state index in [9.17, 15) is 41.1 Å². The van der Waals surface area contributed by atoms with E-state index in [0.29, 0.717) is 141 Å². The summed E-state index contributed by atoms with van der Waals surface area (Å²) in [6, 6.07) is 22.6. The van der Waals surface area contributed by atoms with E-state index in [2.05, 4.69) is 66.9 Å². The summed E-state index contributed by atoms with van der Waals surface area (Å²) in [5, 5.41) is 40.1. The molecule has 0 atom stereocenters. The first-order valence-corrected chi connectivity index (χ1v) is 36.4. The largest absolute Gasteiger partial charge is 0.495 e. The van der Waals surface area contributed by atoms with Crippen LogP contribution in [0.25, 0.3) is 93.1 Å². The van der Waals surface area contributed by atoms with Crippen molar-refractivity contribution in [3.05, 3.63) is 200 Å². The highest BCUT2D eigenvalue weighted by Gasteiger charge is 2.52. The molecule has 7 N–H and O–H groups in total. The Morgan fingerprint density at radius 2 is 0.911 bits per heavy atom. The summed E-state index contributed by atoms with van der Waals surface area (Å²) in [6.07, 6.45) is 11.1. The van der Waals surface area contributed by atoms with Gasteiger partial charge in [-0.15, -0.1) is 0 Å². The van der Waals surface area contributed by atoms with Crippen LogP contribution in [0.3, 0.4) is 0 Å². The average molecular weight is 1590 g/mol. The van der Waals surface area contributed by atoms with E-state index in [1.54, 1.807) is 148 Å². The predicted octanol–water partition coefficient (Wildman–Crippen LogP) is 10.1. The molecule has 0 saturated carbocycles. The van der Waals surface area contributed by atoms with Crippen molar-refractivity contribution in [1.82, 2.24) is 88.5 Å². The molecule has 0 radical (unpaired) electrons. The zero-order valence-corrected chi connectivity index (χ0v) is 63.9. The number of aromatic nitrogens is 16. The fraction of sp³-hybridized carbons (Fsp3) is 0.286. The molecule has 0 spiro atoms. The molecule has 28 nitrogen and oxygen atoms in total. The highest BCUT2D eigenvalue weighted by Crippen LogP contribution is 2.39. The van der Waals surface area contributed by atoms with E-state index in [0.717, 1.165) is 49.3 Å². The monoisotopic (exact) mass is 1590 g/mol. The Hall–Kier alpha value is -12.3. The highest BCUT2D eigenvalue weighted by atomic mass is 79.9. The van der Waals surface area contributed by atoms with Crippen molar-refractivity contribution in [2.75, 3.05) is 13.1 Å². The third-order valence-corrected chi connectivity index (χ3v) is 20.7. The number of carbonyl (C=O) groups excluding carboxylic acids is 4. The average Bonchev–Trinajstić information content (AvgIpc) is 1.63. The van der Waals surface area contributed by atoms with Gasteiger partial charge in [0.25, 0.3) is 17.7 Å². The molecule has 35 heteroatoms. The Morgan fingerprint density at radius 3 is 1.37 bits per heavy atom. The second kappa shape index (κ2) is 30.2. The van der Waals surface area contributed by atoms with Gasteiger partial charge in [-0.3, -0.25) is 56.6 Å². The van der Waals surface area contributed by atoms with Gasteiger partial charge in [0.15, 0.2) is 5.69 Å². The van der Waals surface area contributed by atoms with Crippen LogP contribution in [0, 0.1) is 35.7 Å². The molecule has 112 heavy (non-hydrogen) atoms. The Kier molecular flexibility index (Phi) is 20.6. The SMILES string of the molecule is Cn1cc2c(F)cc(-c3nn4c(c3C(N)=O)CCCC4)cc2n1.Cn1cc2c(F)cc(-c3nn4c(c3C(N)=O)CNCC4)cc2n1.Cn1cc2c(F)cc(B3OC(C)(C)C(C)(C)O3)cc2n1.Cn1cc2c(F)cc(Br)cc2n1.[C-]#[N+]c1ccc(CC(=O)N2CCn3nc(-c4cc(F)c5cn(C)nc5c4)c(C(N)=O)c3C2)cc1. The number of nitrogens with two attached hydrogens (primary N) is 3. The van der Waals surface area contributed by atoms with Crippen LogP contribution in [0.5, 0.6) is 0 Å². The van der Waals surface area contributed by atoms with Crippen molar-refractivity contribution in [1.29, 1.82) is 0 Å². The number of amides is 4. The molecular weight excluding hydrogens is 1510 g/mol. The quantitative estimate of drug-likeness (QED) is 0.0593. The molecule has 18 rings (SSSR count). The molecule has 4 aliphatic rings. The number of primary amides is 3. The van der Waals surface area contributed by atoms with E-state index in [-0.39, 0.29) is 47.6 Å². The number of fused-ring (bicyclic) bond motifs is 8. The Balaban J connectivity index is 0.000000120. The normalized spacial score (nSPS) is 14.7. The van der Waals surface area contributed by atoms with Gasteiger partial charge >= 0.3 is 7.12 Å². The summed E-state index contributed by atoms with van der Waals surface area (Å²) < 4.78 is 96.4. The molecule has 14 aromatic rings. The van der Waals surface area contributed by atoms with Gasteiger partial charge in [-0.1, -0.05) is 40.2 Å². The van der Waals surface area contributed by atoms with Crippen molar-refractivity contribution < 1.29 is 50.4 Å². The van der Waals surface area contributed by atoms with Crippen LogP contribution >= 0.6 is 15.9 Å². The van der Waals surface area contributed by atoms with E-state index < -0.39 is 47.7 Å². The number of hydrogen-bond donors (Lipinski definition) is 4. The molecule has 0 aliphatic carbocycles. The second-order valence-corrected chi connectivity index (χ2v) is 29.6. The number of hydrogen-bond acceptors (Lipinski definition) is 15. The lowest BCUT2D eigenvalue weighted by Gasteiger charge is -2.32. The molecule has 1 saturated heterocycles. The number of halogens is 6. The molecule has 0 unspecified atom stereocenters. The fourth-order valence-corrected chi connectivity index (χ4v) is 14.6. The van der Waals surface area contributed by atoms with Gasteiger partial charge in [0.05, 0.1) is 132 Å². The molecule has 574 valence electrons. The Labute approximate surface area is 644 Å². The molecule has 1 fully saturated rings. The van der Waals surface area contributed by atoms with Crippen LogP contribution in [-0.4, -0.2) is 138 Å². The van der Waals surface area contributed by atoms with Crippen molar-refractivity contribution in [2.45, 2.75) is 97.3 Å². The summed E-state index contributed by atoms with van der Waals surface area (Å²) in [7, 11) is 8.15. The van der Waals surface area contributed by atoms with Crippen molar-refractivity contribution in [2.24, 2.45) is 52.4 Å². The first-order valence-electron chi connectivity index (χ1n) is 35.6. The minimum atomic E-state index is -0.693. The molecular formula is C77H75BBrF5N22O6. The van der Waals surface area contributed by atoms with Gasteiger partial charge in [0.1, 0.15) is 46.2 Å². The standard InChI is InChI=1S/C24H20FN7O2.C16H16FN5O.C15H15FN6O.C14H18BFN2O2.C8H6BrFN2/c1-27-16-5-3-14(4-6-16)9-21(33)31-7-8-32-20(13-31)22(24(26)34)23(29-32)15-10-18(25)17-12-30(2)28-19(17)11-15;1-21-8-10-11(17)6-9(7-12(10)19-21)15-14(16(18)23)13-4-2-3-5-22(13)20-15;1-21-7-9-10(16)4-8(5-11(9)19-21)14-13(15(17)23)12-6-18-2-3-22(12)20-14;1-13(2)14(3,4)20-15(19-13)9-6-11(16)10-8-18(5)17-12(10)7-9;1-12-4-6-7(10)2-5(9)3-8(6)11-12/h3-6,10-12H,7-9,13H2,2H3,(H2,26,34);6-8H,2-5H2,1H3,(H2,18,23);4-5,7,18H,2-3,6H2,1H3,(H2,17,23);6-8H,1-5H3;2-4H,1H3. The van der Waals surface area contributed by atoms with Gasteiger partial charge in [0, 0.05) is 114 Å². The van der Waals surface area contributed by atoms with E-state index in [1.807, 2.05) is 38.4 Å². The smallest absolute Gasteiger partial charge is 0.399 e. The minimum absolute atomic E-state index is 0.110. The summed E-state index contributed by atoms with van der Waals surface area (Å²) in [5.41, 5.74) is 26.3. The molecule has 0 bridgehead atoms. The van der Waals surface area contributed by atoms with Crippen LogP contribution in [-0.2, 0) is 94.9 Å². The van der Waals surface area contributed by atoms with E-state index in [1.165, 1.54) is 35.0 Å². The number of nitrogens with one attached hydrogen (secondary N) is 1. The first kappa shape index (κ1) is 76.5. The maximum absolute atomic E-state index is 14.7. The van der Waals surface area contributed by atoms with Crippen molar-refractivity contribution in [3.63, 3.8) is 0 Å². The molecule has 12 heterocycles.